The first-order valence-corrected chi connectivity index (χ1v) is 8.74. The van der Waals surface area contributed by atoms with Gasteiger partial charge in [-0.25, -0.2) is 4.39 Å². The Morgan fingerprint density at radius 3 is 2.04 bits per heavy atom. The molecule has 2 rings (SSSR count). The molecular weight excluding hydrogens is 355 g/mol. The summed E-state index contributed by atoms with van der Waals surface area (Å²) in [6, 6.07) is 4.99. The van der Waals surface area contributed by atoms with Crippen molar-refractivity contribution in [2.45, 2.75) is 32.4 Å². The van der Waals surface area contributed by atoms with E-state index in [1.165, 1.54) is 12.1 Å². The van der Waals surface area contributed by atoms with Gasteiger partial charge in [-0.05, 0) is 31.5 Å². The summed E-state index contributed by atoms with van der Waals surface area (Å²) in [7, 11) is 1.69. The minimum absolute atomic E-state index is 0.0740. The number of carbonyl (C=O) groups is 2. The lowest BCUT2D eigenvalue weighted by molar-refractivity contribution is -0.145. The SMILES string of the molecule is CC(=O)O.COCC(C)(C)N1CCN(C(C(=O)O)c2ccc(F)cc2)CC1. The van der Waals surface area contributed by atoms with Crippen LogP contribution < -0.4 is 0 Å². The lowest BCUT2D eigenvalue weighted by atomic mass is 10.0. The first-order chi connectivity index (χ1) is 12.6. The lowest BCUT2D eigenvalue weighted by Gasteiger charge is -2.45. The number of hydrogen-bond acceptors (Lipinski definition) is 5. The van der Waals surface area contributed by atoms with Crippen LogP contribution in [0.3, 0.4) is 0 Å². The van der Waals surface area contributed by atoms with Crippen LogP contribution in [-0.4, -0.2) is 77.4 Å². The Kier molecular flexibility index (Phi) is 8.81. The molecular formula is C19H29FN2O5. The molecule has 1 saturated heterocycles. The minimum atomic E-state index is -0.902. The van der Waals surface area contributed by atoms with Crippen molar-refractivity contribution in [3.8, 4) is 0 Å². The van der Waals surface area contributed by atoms with E-state index in [-0.39, 0.29) is 11.4 Å². The monoisotopic (exact) mass is 384 g/mol. The van der Waals surface area contributed by atoms with Gasteiger partial charge >= 0.3 is 5.97 Å². The Morgan fingerprint density at radius 1 is 1.15 bits per heavy atom. The molecule has 0 bridgehead atoms. The van der Waals surface area contributed by atoms with Gasteiger partial charge in [-0.2, -0.15) is 0 Å². The van der Waals surface area contributed by atoms with Crippen LogP contribution in [0, 0.1) is 5.82 Å². The highest BCUT2D eigenvalue weighted by Crippen LogP contribution is 2.25. The molecule has 1 aliphatic heterocycles. The molecule has 1 unspecified atom stereocenters. The summed E-state index contributed by atoms with van der Waals surface area (Å²) in [5.41, 5.74) is 0.540. The van der Waals surface area contributed by atoms with Crippen LogP contribution in [-0.2, 0) is 14.3 Å². The van der Waals surface area contributed by atoms with Gasteiger partial charge in [0.05, 0.1) is 6.61 Å². The molecule has 1 fully saturated rings. The van der Waals surface area contributed by atoms with E-state index in [1.54, 1.807) is 19.2 Å². The Hall–Kier alpha value is -2.03. The second-order valence-electron chi connectivity index (χ2n) is 7.08. The minimum Gasteiger partial charge on any atom is -0.481 e. The average molecular weight is 384 g/mol. The third kappa shape index (κ3) is 7.24. The zero-order valence-corrected chi connectivity index (χ0v) is 16.3. The second-order valence-corrected chi connectivity index (χ2v) is 7.08. The summed E-state index contributed by atoms with van der Waals surface area (Å²) in [5.74, 6) is -2.09. The van der Waals surface area contributed by atoms with Crippen molar-refractivity contribution >= 4 is 11.9 Å². The topological polar surface area (TPSA) is 90.3 Å². The van der Waals surface area contributed by atoms with Crippen LogP contribution in [0.4, 0.5) is 4.39 Å². The highest BCUT2D eigenvalue weighted by molar-refractivity contribution is 5.75. The van der Waals surface area contributed by atoms with E-state index in [4.69, 9.17) is 14.6 Å². The maximum atomic E-state index is 13.1. The molecule has 0 spiro atoms. The van der Waals surface area contributed by atoms with Gasteiger partial charge < -0.3 is 14.9 Å². The molecule has 0 aromatic heterocycles. The van der Waals surface area contributed by atoms with Crippen molar-refractivity contribution in [2.24, 2.45) is 0 Å². The molecule has 0 amide bonds. The number of benzene rings is 1. The Labute approximate surface area is 159 Å². The summed E-state index contributed by atoms with van der Waals surface area (Å²) >= 11 is 0. The van der Waals surface area contributed by atoms with Crippen molar-refractivity contribution in [1.29, 1.82) is 0 Å². The molecule has 1 heterocycles. The fraction of sp³-hybridized carbons (Fsp3) is 0.579. The number of ether oxygens (including phenoxy) is 1. The third-order valence-corrected chi connectivity index (χ3v) is 4.45. The van der Waals surface area contributed by atoms with Gasteiger partial charge in [0.15, 0.2) is 0 Å². The first kappa shape index (κ1) is 23.0. The van der Waals surface area contributed by atoms with Crippen LogP contribution in [0.25, 0.3) is 0 Å². The van der Waals surface area contributed by atoms with Gasteiger partial charge in [-0.3, -0.25) is 19.4 Å². The van der Waals surface area contributed by atoms with Gasteiger partial charge in [-0.15, -0.1) is 0 Å². The van der Waals surface area contributed by atoms with E-state index < -0.39 is 18.0 Å². The first-order valence-electron chi connectivity index (χ1n) is 8.74. The predicted octanol–water partition coefficient (Wildman–Crippen LogP) is 2.08. The molecule has 0 radical (unpaired) electrons. The zero-order valence-electron chi connectivity index (χ0n) is 16.3. The molecule has 0 aliphatic carbocycles. The number of aliphatic carboxylic acids is 2. The number of nitrogens with zero attached hydrogens (tertiary/aromatic N) is 2. The Balaban J connectivity index is 0.000000828. The van der Waals surface area contributed by atoms with Crippen molar-refractivity contribution < 1.29 is 28.9 Å². The summed E-state index contributed by atoms with van der Waals surface area (Å²) in [6.07, 6.45) is 0. The van der Waals surface area contributed by atoms with Crippen LogP contribution in [0.15, 0.2) is 24.3 Å². The van der Waals surface area contributed by atoms with Crippen molar-refractivity contribution in [3.05, 3.63) is 35.6 Å². The number of carboxylic acid groups (broad SMARTS) is 2. The van der Waals surface area contributed by atoms with Crippen LogP contribution >= 0.6 is 0 Å². The Bertz CT molecular complexity index is 609. The largest absolute Gasteiger partial charge is 0.481 e. The van der Waals surface area contributed by atoms with Crippen molar-refractivity contribution in [2.75, 3.05) is 39.9 Å². The number of hydrogen-bond donors (Lipinski definition) is 2. The van der Waals surface area contributed by atoms with E-state index in [2.05, 4.69) is 18.7 Å². The summed E-state index contributed by atoms with van der Waals surface area (Å²) in [5, 5.41) is 17.0. The van der Waals surface area contributed by atoms with Gasteiger partial charge in [-0.1, -0.05) is 12.1 Å². The zero-order chi connectivity index (χ0) is 20.6. The van der Waals surface area contributed by atoms with Gasteiger partial charge in [0.25, 0.3) is 5.97 Å². The van der Waals surface area contributed by atoms with E-state index >= 15 is 0 Å². The molecule has 0 saturated carbocycles. The van der Waals surface area contributed by atoms with Crippen LogP contribution in [0.5, 0.6) is 0 Å². The summed E-state index contributed by atoms with van der Waals surface area (Å²) in [4.78, 5) is 25.0. The molecule has 2 N–H and O–H groups in total. The fourth-order valence-corrected chi connectivity index (χ4v) is 3.18. The average Bonchev–Trinajstić information content (AvgIpc) is 2.56. The third-order valence-electron chi connectivity index (χ3n) is 4.45. The van der Waals surface area contributed by atoms with Gasteiger partial charge in [0, 0.05) is 45.8 Å². The van der Waals surface area contributed by atoms with E-state index in [0.717, 1.165) is 20.0 Å². The number of piperazine rings is 1. The summed E-state index contributed by atoms with van der Waals surface area (Å²) in [6.45, 7) is 8.83. The maximum Gasteiger partial charge on any atom is 0.325 e. The maximum absolute atomic E-state index is 13.1. The molecule has 1 aromatic carbocycles. The number of methoxy groups -OCH3 is 1. The molecule has 7 nitrogen and oxygen atoms in total. The van der Waals surface area contributed by atoms with Crippen LogP contribution in [0.2, 0.25) is 0 Å². The molecule has 1 aromatic rings. The quantitative estimate of drug-likeness (QED) is 0.776. The fourth-order valence-electron chi connectivity index (χ4n) is 3.18. The van der Waals surface area contributed by atoms with E-state index in [0.29, 0.717) is 25.3 Å². The summed E-state index contributed by atoms with van der Waals surface area (Å²) < 4.78 is 18.3. The van der Waals surface area contributed by atoms with Gasteiger partial charge in [0.2, 0.25) is 0 Å². The normalized spacial score (nSPS) is 16.9. The number of carboxylic acids is 2. The number of halogens is 1. The van der Waals surface area contributed by atoms with Crippen molar-refractivity contribution in [3.63, 3.8) is 0 Å². The van der Waals surface area contributed by atoms with Gasteiger partial charge in [0.1, 0.15) is 11.9 Å². The number of rotatable bonds is 6. The smallest absolute Gasteiger partial charge is 0.325 e. The predicted molar refractivity (Wildman–Crippen MR) is 99.2 cm³/mol. The highest BCUT2D eigenvalue weighted by Gasteiger charge is 2.34. The molecule has 152 valence electrons. The highest BCUT2D eigenvalue weighted by atomic mass is 19.1. The van der Waals surface area contributed by atoms with Crippen molar-refractivity contribution in [1.82, 2.24) is 9.80 Å². The standard InChI is InChI=1S/C17H25FN2O3.C2H4O2/c1-17(2,12-23-3)20-10-8-19(9-11-20)15(16(21)22)13-4-6-14(18)7-5-13;1-2(3)4/h4-7,15H,8-12H2,1-3H3,(H,21,22);1H3,(H,3,4). The molecule has 1 aliphatic rings. The lowest BCUT2D eigenvalue weighted by Crippen LogP contribution is -2.57. The molecule has 1 atom stereocenters. The Morgan fingerprint density at radius 2 is 1.63 bits per heavy atom. The van der Waals surface area contributed by atoms with E-state index in [1.807, 2.05) is 4.90 Å². The molecule has 27 heavy (non-hydrogen) atoms. The van der Waals surface area contributed by atoms with E-state index in [9.17, 15) is 14.3 Å². The molecule has 8 heteroatoms. The van der Waals surface area contributed by atoms with Crippen LogP contribution in [0.1, 0.15) is 32.4 Å². The second kappa shape index (κ2) is 10.3.